The van der Waals surface area contributed by atoms with Crippen LogP contribution in [0, 0.1) is 0 Å². The number of aromatic amines is 1. The smallest absolute Gasteiger partial charge is 0.323 e. The molecule has 11 heavy (non-hydrogen) atoms. The molecule has 2 N–H and O–H groups in total. The number of carbonyl (C=O) groups is 1. The van der Waals surface area contributed by atoms with Gasteiger partial charge >= 0.3 is 5.82 Å². The lowest BCUT2D eigenvalue weighted by molar-refractivity contribution is -0.681. The van der Waals surface area contributed by atoms with Crippen LogP contribution < -0.4 is 4.57 Å². The van der Waals surface area contributed by atoms with Gasteiger partial charge in [-0.2, -0.15) is 0 Å². The third-order valence-corrected chi connectivity index (χ3v) is 1.64. The van der Waals surface area contributed by atoms with E-state index in [1.54, 1.807) is 17.8 Å². The summed E-state index contributed by atoms with van der Waals surface area (Å²) in [5, 5.41) is 8.76. The van der Waals surface area contributed by atoms with Gasteiger partial charge in [0.05, 0.1) is 7.05 Å². The van der Waals surface area contributed by atoms with Crippen molar-refractivity contribution in [3.8, 4) is 0 Å². The second-order valence-electron chi connectivity index (χ2n) is 2.40. The fourth-order valence-electron chi connectivity index (χ4n) is 0.978. The fraction of sp³-hybridized carbons (Fsp3) is 0.429. The van der Waals surface area contributed by atoms with Crippen LogP contribution in [0.3, 0.4) is 0 Å². The predicted molar refractivity (Wildman–Crippen MR) is 37.9 cm³/mol. The zero-order valence-corrected chi connectivity index (χ0v) is 6.59. The van der Waals surface area contributed by atoms with Crippen molar-refractivity contribution in [1.82, 2.24) is 4.98 Å². The second-order valence-corrected chi connectivity index (χ2v) is 2.40. The van der Waals surface area contributed by atoms with Crippen molar-refractivity contribution >= 4 is 5.78 Å². The van der Waals surface area contributed by atoms with Gasteiger partial charge in [-0.25, -0.2) is 9.55 Å². The summed E-state index contributed by atoms with van der Waals surface area (Å²) >= 11 is 0. The standard InChI is InChI=1S/C7H10N2O2/c1-5(11)7-8-3-6(4-10)9(7)2/h3,10H,4H2,1-2H3/p+1. The SMILES string of the molecule is CC(=O)c1[nH]cc(CO)[n+]1C. The molecule has 1 aromatic heterocycles. The van der Waals surface area contributed by atoms with Gasteiger partial charge in [0.2, 0.25) is 5.78 Å². The number of H-pyrrole nitrogens is 1. The summed E-state index contributed by atoms with van der Waals surface area (Å²) < 4.78 is 1.64. The number of carbonyl (C=O) groups excluding carboxylic acids is 1. The summed E-state index contributed by atoms with van der Waals surface area (Å²) in [6.07, 6.45) is 1.62. The molecule has 0 aliphatic rings. The van der Waals surface area contributed by atoms with E-state index in [0.717, 1.165) is 0 Å². The van der Waals surface area contributed by atoms with Crippen molar-refractivity contribution in [1.29, 1.82) is 0 Å². The van der Waals surface area contributed by atoms with Crippen LogP contribution in [0.1, 0.15) is 23.2 Å². The lowest BCUT2D eigenvalue weighted by Gasteiger charge is -1.90. The molecule has 0 atom stereocenters. The van der Waals surface area contributed by atoms with E-state index in [9.17, 15) is 4.79 Å². The van der Waals surface area contributed by atoms with E-state index in [-0.39, 0.29) is 12.4 Å². The number of nitrogens with zero attached hydrogens (tertiary/aromatic N) is 1. The monoisotopic (exact) mass is 155 g/mol. The Morgan fingerprint density at radius 1 is 1.82 bits per heavy atom. The molecule has 0 fully saturated rings. The van der Waals surface area contributed by atoms with Crippen LogP contribution in [0.15, 0.2) is 6.20 Å². The maximum atomic E-state index is 10.9. The molecule has 1 heterocycles. The summed E-state index contributed by atoms with van der Waals surface area (Å²) in [5.41, 5.74) is 0.704. The van der Waals surface area contributed by atoms with Gasteiger partial charge in [-0.05, 0) is 0 Å². The van der Waals surface area contributed by atoms with Crippen LogP contribution in [0.4, 0.5) is 0 Å². The van der Waals surface area contributed by atoms with Crippen molar-refractivity contribution < 1.29 is 14.5 Å². The number of aromatic nitrogens is 2. The van der Waals surface area contributed by atoms with Gasteiger partial charge < -0.3 is 5.11 Å². The number of nitrogens with one attached hydrogen (secondary N) is 1. The van der Waals surface area contributed by atoms with Crippen LogP contribution in [0.5, 0.6) is 0 Å². The number of imidazole rings is 1. The Bertz CT molecular complexity index is 278. The van der Waals surface area contributed by atoms with Gasteiger partial charge in [-0.3, -0.25) is 4.79 Å². The van der Waals surface area contributed by atoms with E-state index in [2.05, 4.69) is 4.98 Å². The molecule has 0 bridgehead atoms. The van der Waals surface area contributed by atoms with Crippen LogP contribution in [0.25, 0.3) is 0 Å². The highest BCUT2D eigenvalue weighted by Crippen LogP contribution is 1.93. The molecule has 0 aliphatic heterocycles. The van der Waals surface area contributed by atoms with Gasteiger partial charge in [0.25, 0.3) is 0 Å². The Labute approximate surface area is 64.5 Å². The van der Waals surface area contributed by atoms with Crippen LogP contribution in [-0.4, -0.2) is 15.9 Å². The fourth-order valence-corrected chi connectivity index (χ4v) is 0.978. The van der Waals surface area contributed by atoms with E-state index in [1.807, 2.05) is 0 Å². The normalized spacial score (nSPS) is 10.1. The maximum Gasteiger partial charge on any atom is 0.323 e. The van der Waals surface area contributed by atoms with Gasteiger partial charge in [0.15, 0.2) is 5.69 Å². The predicted octanol–water partition coefficient (Wildman–Crippen LogP) is -0.466. The quantitative estimate of drug-likeness (QED) is 0.448. The largest absolute Gasteiger partial charge is 0.388 e. The minimum Gasteiger partial charge on any atom is -0.388 e. The number of aliphatic hydroxyl groups excluding tert-OH is 1. The number of hydrogen-bond acceptors (Lipinski definition) is 2. The van der Waals surface area contributed by atoms with E-state index in [1.165, 1.54) is 6.92 Å². The first kappa shape index (κ1) is 7.94. The molecule has 0 unspecified atom stereocenters. The number of ketones is 1. The van der Waals surface area contributed by atoms with Gasteiger partial charge in [0, 0.05) is 6.92 Å². The molecule has 4 heteroatoms. The average molecular weight is 155 g/mol. The van der Waals surface area contributed by atoms with E-state index < -0.39 is 0 Å². The first-order valence-electron chi connectivity index (χ1n) is 3.35. The third kappa shape index (κ3) is 1.30. The highest BCUT2D eigenvalue weighted by Gasteiger charge is 2.16. The minimum atomic E-state index is -0.0553. The minimum absolute atomic E-state index is 0.0350. The number of Topliss-reactive ketones (excluding diaryl/α,β-unsaturated/α-hetero) is 1. The second kappa shape index (κ2) is 2.84. The van der Waals surface area contributed by atoms with Crippen molar-refractivity contribution in [3.63, 3.8) is 0 Å². The Morgan fingerprint density at radius 3 is 2.73 bits per heavy atom. The molecule has 1 aromatic rings. The lowest BCUT2D eigenvalue weighted by atomic mass is 10.4. The molecule has 60 valence electrons. The molecule has 0 aromatic carbocycles. The molecule has 0 amide bonds. The zero-order valence-electron chi connectivity index (χ0n) is 6.59. The van der Waals surface area contributed by atoms with E-state index in [0.29, 0.717) is 11.5 Å². The molecule has 0 saturated heterocycles. The molecule has 0 radical (unpaired) electrons. The van der Waals surface area contributed by atoms with Gasteiger partial charge in [0.1, 0.15) is 12.8 Å². The summed E-state index contributed by atoms with van der Waals surface area (Å²) in [7, 11) is 1.73. The summed E-state index contributed by atoms with van der Waals surface area (Å²) in [5.74, 6) is 0.473. The maximum absolute atomic E-state index is 10.9. The molecular formula is C7H11N2O2+. The summed E-state index contributed by atoms with van der Waals surface area (Å²) in [6.45, 7) is 1.42. The van der Waals surface area contributed by atoms with E-state index >= 15 is 0 Å². The highest BCUT2D eigenvalue weighted by molar-refractivity contribution is 5.88. The Morgan fingerprint density at radius 2 is 2.45 bits per heavy atom. The lowest BCUT2D eigenvalue weighted by Crippen LogP contribution is -2.37. The van der Waals surface area contributed by atoms with Gasteiger partial charge in [-0.15, -0.1) is 0 Å². The zero-order chi connectivity index (χ0) is 8.43. The van der Waals surface area contributed by atoms with Gasteiger partial charge in [-0.1, -0.05) is 0 Å². The molecule has 0 saturated carbocycles. The van der Waals surface area contributed by atoms with Crippen molar-refractivity contribution in [2.24, 2.45) is 7.05 Å². The van der Waals surface area contributed by atoms with Crippen molar-refractivity contribution in [3.05, 3.63) is 17.7 Å². The highest BCUT2D eigenvalue weighted by atomic mass is 16.3. The molecule has 0 spiro atoms. The molecule has 0 aliphatic carbocycles. The first-order valence-corrected chi connectivity index (χ1v) is 3.35. The number of aliphatic hydroxyl groups is 1. The van der Waals surface area contributed by atoms with E-state index in [4.69, 9.17) is 5.11 Å². The van der Waals surface area contributed by atoms with Crippen molar-refractivity contribution in [2.75, 3.05) is 0 Å². The Hall–Kier alpha value is -1.16. The molecule has 4 nitrogen and oxygen atoms in total. The van der Waals surface area contributed by atoms with Crippen LogP contribution >= 0.6 is 0 Å². The number of hydrogen-bond donors (Lipinski definition) is 2. The van der Waals surface area contributed by atoms with Crippen LogP contribution in [-0.2, 0) is 13.7 Å². The Balaban J connectivity index is 3.10. The first-order chi connectivity index (χ1) is 5.16. The third-order valence-electron chi connectivity index (χ3n) is 1.64. The van der Waals surface area contributed by atoms with Crippen molar-refractivity contribution in [2.45, 2.75) is 13.5 Å². The number of rotatable bonds is 2. The average Bonchev–Trinajstić information content (AvgIpc) is 2.30. The summed E-state index contributed by atoms with van der Waals surface area (Å²) in [6, 6.07) is 0. The Kier molecular flexibility index (Phi) is 2.05. The van der Waals surface area contributed by atoms with Crippen LogP contribution in [0.2, 0.25) is 0 Å². The molecule has 1 rings (SSSR count). The summed E-state index contributed by atoms with van der Waals surface area (Å²) in [4.78, 5) is 13.6. The molecular weight excluding hydrogens is 144 g/mol. The topological polar surface area (TPSA) is 57.0 Å².